The molecule has 0 atom stereocenters. The van der Waals surface area contributed by atoms with Crippen LogP contribution in [0.4, 0.5) is 26.3 Å². The minimum atomic E-state index is -5.05. The zero-order valence-corrected chi connectivity index (χ0v) is 11.7. The maximum Gasteiger partial charge on any atom is 0.417 e. The SMILES string of the molecule is O=Cc1cccc(-c2cccc(C=O)c2C(F)(F)F)c1C(F)(F)F. The van der Waals surface area contributed by atoms with Crippen molar-refractivity contribution in [2.24, 2.45) is 0 Å². The Morgan fingerprint density at radius 1 is 0.625 bits per heavy atom. The van der Waals surface area contributed by atoms with Gasteiger partial charge in [-0.1, -0.05) is 36.4 Å². The maximum absolute atomic E-state index is 13.3. The minimum absolute atomic E-state index is 0.0802. The Labute approximate surface area is 131 Å². The number of alkyl halides is 6. The molecular formula is C16H8F6O2. The third-order valence-corrected chi connectivity index (χ3v) is 3.30. The maximum atomic E-state index is 13.3. The van der Waals surface area contributed by atoms with Crippen LogP contribution in [0, 0.1) is 0 Å². The standard InChI is InChI=1S/C16H8F6O2/c17-15(18,19)13-9(7-23)3-1-5-11(13)12-6-2-4-10(8-24)14(12)16(20,21)22/h1-8H. The summed E-state index contributed by atoms with van der Waals surface area (Å²) in [5, 5.41) is 0. The minimum Gasteiger partial charge on any atom is -0.298 e. The highest BCUT2D eigenvalue weighted by Gasteiger charge is 2.41. The fraction of sp³-hybridized carbons (Fsp3) is 0.125. The largest absolute Gasteiger partial charge is 0.417 e. The molecule has 8 heteroatoms. The molecule has 0 fully saturated rings. The Balaban J connectivity index is 2.94. The summed E-state index contributed by atoms with van der Waals surface area (Å²) in [5.74, 6) is 0. The third-order valence-electron chi connectivity index (χ3n) is 3.30. The van der Waals surface area contributed by atoms with Gasteiger partial charge in [-0.2, -0.15) is 26.3 Å². The molecule has 126 valence electrons. The predicted octanol–water partition coefficient (Wildman–Crippen LogP) is 5.02. The van der Waals surface area contributed by atoms with Crippen molar-refractivity contribution in [2.75, 3.05) is 0 Å². The normalized spacial score (nSPS) is 12.1. The van der Waals surface area contributed by atoms with E-state index >= 15 is 0 Å². The van der Waals surface area contributed by atoms with E-state index in [2.05, 4.69) is 0 Å². The summed E-state index contributed by atoms with van der Waals surface area (Å²) in [4.78, 5) is 21.8. The average molecular weight is 346 g/mol. The van der Waals surface area contributed by atoms with Gasteiger partial charge in [-0.15, -0.1) is 0 Å². The first-order valence-electron chi connectivity index (χ1n) is 6.42. The van der Waals surface area contributed by atoms with E-state index in [1.165, 1.54) is 0 Å². The lowest BCUT2D eigenvalue weighted by atomic mass is 9.90. The quantitative estimate of drug-likeness (QED) is 0.578. The Bertz CT molecular complexity index is 723. The second-order valence-electron chi connectivity index (χ2n) is 4.77. The van der Waals surface area contributed by atoms with Crippen molar-refractivity contribution in [1.29, 1.82) is 0 Å². The zero-order chi connectivity index (χ0) is 18.1. The van der Waals surface area contributed by atoms with Crippen molar-refractivity contribution >= 4 is 12.6 Å². The van der Waals surface area contributed by atoms with E-state index in [1.54, 1.807) is 0 Å². The topological polar surface area (TPSA) is 34.1 Å². The van der Waals surface area contributed by atoms with Crippen LogP contribution >= 0.6 is 0 Å². The highest BCUT2D eigenvalue weighted by molar-refractivity contribution is 5.88. The van der Waals surface area contributed by atoms with Crippen molar-refractivity contribution in [3.8, 4) is 11.1 Å². The van der Waals surface area contributed by atoms with Crippen LogP contribution in [-0.4, -0.2) is 12.6 Å². The summed E-state index contributed by atoms with van der Waals surface area (Å²) in [6, 6.07) is 5.46. The number of benzene rings is 2. The van der Waals surface area contributed by atoms with E-state index < -0.39 is 45.7 Å². The molecule has 2 rings (SSSR count). The lowest BCUT2D eigenvalue weighted by Crippen LogP contribution is -2.15. The van der Waals surface area contributed by atoms with Gasteiger partial charge in [0.05, 0.1) is 11.1 Å². The predicted molar refractivity (Wildman–Crippen MR) is 72.7 cm³/mol. The van der Waals surface area contributed by atoms with Crippen molar-refractivity contribution in [2.45, 2.75) is 12.4 Å². The fourth-order valence-corrected chi connectivity index (χ4v) is 2.42. The molecule has 0 saturated heterocycles. The first kappa shape index (κ1) is 17.7. The first-order valence-corrected chi connectivity index (χ1v) is 6.42. The van der Waals surface area contributed by atoms with Crippen LogP contribution in [0.15, 0.2) is 36.4 Å². The molecule has 0 aliphatic rings. The smallest absolute Gasteiger partial charge is 0.298 e. The van der Waals surface area contributed by atoms with Crippen LogP contribution in [0.3, 0.4) is 0 Å². The Morgan fingerprint density at radius 3 is 1.21 bits per heavy atom. The molecule has 0 N–H and O–H groups in total. The van der Waals surface area contributed by atoms with Gasteiger partial charge < -0.3 is 0 Å². The zero-order valence-electron chi connectivity index (χ0n) is 11.7. The van der Waals surface area contributed by atoms with Gasteiger partial charge in [0.25, 0.3) is 0 Å². The number of carbonyl (C=O) groups excluding carboxylic acids is 2. The van der Waals surface area contributed by atoms with E-state index in [-0.39, 0.29) is 12.6 Å². The molecule has 0 saturated carbocycles. The van der Waals surface area contributed by atoms with Gasteiger partial charge in [0.15, 0.2) is 12.6 Å². The molecule has 0 aromatic heterocycles. The van der Waals surface area contributed by atoms with E-state index in [0.29, 0.717) is 0 Å². The molecule has 2 aromatic carbocycles. The highest BCUT2D eigenvalue weighted by atomic mass is 19.4. The van der Waals surface area contributed by atoms with Gasteiger partial charge in [-0.3, -0.25) is 9.59 Å². The van der Waals surface area contributed by atoms with Crippen molar-refractivity contribution < 1.29 is 35.9 Å². The molecule has 24 heavy (non-hydrogen) atoms. The van der Waals surface area contributed by atoms with E-state index in [1.807, 2.05) is 0 Å². The van der Waals surface area contributed by atoms with Crippen LogP contribution in [0.25, 0.3) is 11.1 Å². The number of rotatable bonds is 3. The highest BCUT2D eigenvalue weighted by Crippen LogP contribution is 2.44. The molecule has 0 aliphatic carbocycles. The van der Waals surface area contributed by atoms with Crippen LogP contribution in [-0.2, 0) is 12.4 Å². The lowest BCUT2D eigenvalue weighted by Gasteiger charge is -2.19. The van der Waals surface area contributed by atoms with Crippen molar-refractivity contribution in [3.63, 3.8) is 0 Å². The molecule has 0 spiro atoms. The second kappa shape index (κ2) is 6.10. The number of hydrogen-bond donors (Lipinski definition) is 0. The molecule has 0 amide bonds. The summed E-state index contributed by atoms with van der Waals surface area (Å²) in [5.41, 5.74) is -6.16. The summed E-state index contributed by atoms with van der Waals surface area (Å²) < 4.78 is 79.7. The number of aldehydes is 2. The molecule has 2 nitrogen and oxygen atoms in total. The number of hydrogen-bond acceptors (Lipinski definition) is 2. The lowest BCUT2D eigenvalue weighted by molar-refractivity contribution is -0.139. The third kappa shape index (κ3) is 3.17. The number of halogens is 6. The van der Waals surface area contributed by atoms with E-state index in [4.69, 9.17) is 0 Å². The van der Waals surface area contributed by atoms with Crippen LogP contribution in [0.2, 0.25) is 0 Å². The van der Waals surface area contributed by atoms with Gasteiger partial charge in [-0.05, 0) is 11.1 Å². The molecular weight excluding hydrogens is 338 g/mol. The van der Waals surface area contributed by atoms with E-state index in [0.717, 1.165) is 36.4 Å². The van der Waals surface area contributed by atoms with Crippen LogP contribution < -0.4 is 0 Å². The van der Waals surface area contributed by atoms with Gasteiger partial charge in [0.2, 0.25) is 0 Å². The average Bonchev–Trinajstić information content (AvgIpc) is 2.51. The monoisotopic (exact) mass is 346 g/mol. The van der Waals surface area contributed by atoms with Crippen molar-refractivity contribution in [3.05, 3.63) is 58.7 Å². The summed E-state index contributed by atoms with van der Waals surface area (Å²) in [6.45, 7) is 0. The molecule has 0 unspecified atom stereocenters. The van der Waals surface area contributed by atoms with Gasteiger partial charge in [0, 0.05) is 11.1 Å². The first-order chi connectivity index (χ1) is 11.1. The van der Waals surface area contributed by atoms with Gasteiger partial charge in [0.1, 0.15) is 0 Å². The Hall–Kier alpha value is -2.64. The molecule has 0 aliphatic heterocycles. The fourth-order valence-electron chi connectivity index (χ4n) is 2.42. The van der Waals surface area contributed by atoms with Crippen molar-refractivity contribution in [1.82, 2.24) is 0 Å². The molecule has 2 aromatic rings. The number of carbonyl (C=O) groups is 2. The Kier molecular flexibility index (Phi) is 4.50. The summed E-state index contributed by atoms with van der Waals surface area (Å²) in [6.07, 6.45) is -10.3. The summed E-state index contributed by atoms with van der Waals surface area (Å²) in [7, 11) is 0. The van der Waals surface area contributed by atoms with Gasteiger partial charge in [-0.25, -0.2) is 0 Å². The van der Waals surface area contributed by atoms with Crippen LogP contribution in [0.1, 0.15) is 31.8 Å². The molecule has 0 radical (unpaired) electrons. The molecule has 0 bridgehead atoms. The second-order valence-corrected chi connectivity index (χ2v) is 4.77. The Morgan fingerprint density at radius 2 is 0.958 bits per heavy atom. The van der Waals surface area contributed by atoms with Gasteiger partial charge >= 0.3 is 12.4 Å². The summed E-state index contributed by atoms with van der Waals surface area (Å²) >= 11 is 0. The van der Waals surface area contributed by atoms with E-state index in [9.17, 15) is 35.9 Å². The molecule has 0 heterocycles. The van der Waals surface area contributed by atoms with Crippen LogP contribution in [0.5, 0.6) is 0 Å².